The molecular weight excluding hydrogens is 614 g/mol. The van der Waals surface area contributed by atoms with Crippen LogP contribution in [0.15, 0.2) is 72.8 Å². The molecule has 2 amide bonds. The SMILES string of the molecule is CC1(C)CCC(NC(=O)c2ccc3c(C4CCCCC4)c4n(c3c2)CCOc2ccccc2-4)(C(=O)Nc2ccc(C=CC(=O)O)cc2)CC1. The van der Waals surface area contributed by atoms with E-state index in [0.717, 1.165) is 48.6 Å². The molecule has 0 atom stereocenters. The van der Waals surface area contributed by atoms with Gasteiger partial charge in [0.05, 0.1) is 12.2 Å². The zero-order valence-electron chi connectivity index (χ0n) is 28.4. The van der Waals surface area contributed by atoms with Crippen LogP contribution >= 0.6 is 0 Å². The fourth-order valence-corrected chi connectivity index (χ4v) is 8.03. The van der Waals surface area contributed by atoms with Gasteiger partial charge in [-0.3, -0.25) is 9.59 Å². The number of aromatic nitrogens is 1. The van der Waals surface area contributed by atoms with Crippen LogP contribution < -0.4 is 15.4 Å². The van der Waals surface area contributed by atoms with E-state index in [4.69, 9.17) is 9.84 Å². The van der Waals surface area contributed by atoms with Crippen LogP contribution in [0.2, 0.25) is 0 Å². The lowest BCUT2D eigenvalue weighted by atomic mass is 9.69. The van der Waals surface area contributed by atoms with Crippen LogP contribution in [-0.4, -0.2) is 39.6 Å². The first-order chi connectivity index (χ1) is 23.6. The number of fused-ring (bicyclic) bond motifs is 5. The Bertz CT molecular complexity index is 1920. The second-order valence-electron chi connectivity index (χ2n) is 14.8. The summed E-state index contributed by atoms with van der Waals surface area (Å²) in [5.41, 5.74) is 5.56. The number of amides is 2. The summed E-state index contributed by atoms with van der Waals surface area (Å²) in [6, 6.07) is 21.4. The number of carbonyl (C=O) groups is 3. The van der Waals surface area contributed by atoms with E-state index in [0.29, 0.717) is 48.7 Å². The number of hydrogen-bond donors (Lipinski definition) is 3. The maximum absolute atomic E-state index is 14.2. The molecule has 49 heavy (non-hydrogen) atoms. The Balaban J connectivity index is 1.22. The third-order valence-corrected chi connectivity index (χ3v) is 10.9. The van der Waals surface area contributed by atoms with Crippen molar-refractivity contribution < 1.29 is 24.2 Å². The van der Waals surface area contributed by atoms with E-state index in [2.05, 4.69) is 47.2 Å². The molecule has 3 aliphatic rings. The third-order valence-electron chi connectivity index (χ3n) is 10.9. The molecule has 0 unspecified atom stereocenters. The topological polar surface area (TPSA) is 110 Å². The highest BCUT2D eigenvalue weighted by molar-refractivity contribution is 6.06. The summed E-state index contributed by atoms with van der Waals surface area (Å²) in [7, 11) is 0. The van der Waals surface area contributed by atoms with Crippen LogP contribution in [0.5, 0.6) is 5.75 Å². The second kappa shape index (κ2) is 13.2. The maximum Gasteiger partial charge on any atom is 0.328 e. The summed E-state index contributed by atoms with van der Waals surface area (Å²) in [5.74, 6) is -0.162. The van der Waals surface area contributed by atoms with Crippen molar-refractivity contribution in [1.82, 2.24) is 9.88 Å². The number of ether oxygens (including phenoxy) is 1. The number of carboxylic acids is 1. The van der Waals surface area contributed by atoms with Gasteiger partial charge in [-0.1, -0.05) is 63.4 Å². The Morgan fingerprint density at radius 2 is 1.65 bits per heavy atom. The smallest absolute Gasteiger partial charge is 0.328 e. The average Bonchev–Trinajstić information content (AvgIpc) is 3.30. The molecule has 0 radical (unpaired) electrons. The normalized spacial score (nSPS) is 18.6. The number of benzene rings is 3. The fourth-order valence-electron chi connectivity index (χ4n) is 8.03. The molecule has 254 valence electrons. The fraction of sp³-hybridized carbons (Fsp3) is 0.390. The number of carboxylic acid groups (broad SMARTS) is 1. The lowest BCUT2D eigenvalue weighted by Crippen LogP contribution is -2.59. The van der Waals surface area contributed by atoms with Gasteiger partial charge < -0.3 is 25.0 Å². The number of hydrogen-bond acceptors (Lipinski definition) is 4. The van der Waals surface area contributed by atoms with Crippen molar-refractivity contribution in [1.29, 1.82) is 0 Å². The van der Waals surface area contributed by atoms with Gasteiger partial charge in [0.2, 0.25) is 5.91 Å². The molecule has 3 N–H and O–H groups in total. The largest absolute Gasteiger partial charge is 0.491 e. The quantitative estimate of drug-likeness (QED) is 0.172. The van der Waals surface area contributed by atoms with Gasteiger partial charge in [0.1, 0.15) is 17.9 Å². The first-order valence-electron chi connectivity index (χ1n) is 17.7. The van der Waals surface area contributed by atoms with Gasteiger partial charge in [-0.05, 0) is 103 Å². The van der Waals surface area contributed by atoms with E-state index in [-0.39, 0.29) is 17.2 Å². The Labute approximate surface area is 287 Å². The molecular formula is C41H45N3O5. The molecule has 1 aliphatic heterocycles. The van der Waals surface area contributed by atoms with Crippen LogP contribution in [0, 0.1) is 5.41 Å². The van der Waals surface area contributed by atoms with Gasteiger partial charge in [0.25, 0.3) is 5.91 Å². The van der Waals surface area contributed by atoms with Gasteiger partial charge in [-0.15, -0.1) is 0 Å². The summed E-state index contributed by atoms with van der Waals surface area (Å²) >= 11 is 0. The highest BCUT2D eigenvalue weighted by Crippen LogP contribution is 2.47. The number of aliphatic carboxylic acids is 1. The van der Waals surface area contributed by atoms with Crippen LogP contribution in [0.4, 0.5) is 5.69 Å². The maximum atomic E-state index is 14.2. The minimum absolute atomic E-state index is 0.0723. The predicted octanol–water partition coefficient (Wildman–Crippen LogP) is 8.55. The molecule has 7 rings (SSSR count). The highest BCUT2D eigenvalue weighted by atomic mass is 16.5. The Morgan fingerprint density at radius 3 is 2.39 bits per heavy atom. The van der Waals surface area contributed by atoms with Gasteiger partial charge in [0, 0.05) is 33.8 Å². The zero-order valence-corrected chi connectivity index (χ0v) is 28.4. The van der Waals surface area contributed by atoms with Crippen molar-refractivity contribution >= 4 is 40.4 Å². The van der Waals surface area contributed by atoms with E-state index in [9.17, 15) is 14.4 Å². The molecule has 2 fully saturated rings. The number of nitrogens with one attached hydrogen (secondary N) is 2. The lowest BCUT2D eigenvalue weighted by Gasteiger charge is -2.42. The molecule has 2 aliphatic carbocycles. The number of nitrogens with zero attached hydrogens (tertiary/aromatic N) is 1. The molecule has 0 spiro atoms. The summed E-state index contributed by atoms with van der Waals surface area (Å²) < 4.78 is 8.57. The second-order valence-corrected chi connectivity index (χ2v) is 14.8. The van der Waals surface area contributed by atoms with Gasteiger partial charge in [-0.2, -0.15) is 0 Å². The Kier molecular flexibility index (Phi) is 8.82. The van der Waals surface area contributed by atoms with Crippen molar-refractivity contribution in [3.8, 4) is 17.0 Å². The van der Waals surface area contributed by atoms with Crippen molar-refractivity contribution in [2.75, 3.05) is 11.9 Å². The summed E-state index contributed by atoms with van der Waals surface area (Å²) in [6.07, 6.45) is 11.3. The molecule has 2 saturated carbocycles. The molecule has 8 nitrogen and oxygen atoms in total. The Hall–Kier alpha value is -4.85. The van der Waals surface area contributed by atoms with Crippen molar-refractivity contribution in [3.63, 3.8) is 0 Å². The van der Waals surface area contributed by atoms with Gasteiger partial charge >= 0.3 is 5.97 Å². The van der Waals surface area contributed by atoms with E-state index in [1.54, 1.807) is 24.3 Å². The van der Waals surface area contributed by atoms with Crippen LogP contribution in [0.25, 0.3) is 28.2 Å². The van der Waals surface area contributed by atoms with Gasteiger partial charge in [0.15, 0.2) is 0 Å². The first kappa shape index (κ1) is 32.7. The molecule has 3 aromatic carbocycles. The minimum atomic E-state index is -1.07. The van der Waals surface area contributed by atoms with Crippen LogP contribution in [0.3, 0.4) is 0 Å². The molecule has 0 bridgehead atoms. The predicted molar refractivity (Wildman–Crippen MR) is 193 cm³/mol. The molecule has 8 heteroatoms. The van der Waals surface area contributed by atoms with Gasteiger partial charge in [-0.25, -0.2) is 4.79 Å². The first-order valence-corrected chi connectivity index (χ1v) is 17.7. The summed E-state index contributed by atoms with van der Waals surface area (Å²) in [5, 5.41) is 16.4. The molecule has 0 saturated heterocycles. The van der Waals surface area contributed by atoms with Crippen molar-refractivity contribution in [3.05, 3.63) is 89.5 Å². The zero-order chi connectivity index (χ0) is 34.2. The summed E-state index contributed by atoms with van der Waals surface area (Å²) in [4.78, 5) is 39.2. The monoisotopic (exact) mass is 659 g/mol. The number of carbonyl (C=O) groups excluding carboxylic acids is 2. The van der Waals surface area contributed by atoms with E-state index in [1.165, 1.54) is 42.0 Å². The number of rotatable bonds is 7. The summed E-state index contributed by atoms with van der Waals surface area (Å²) in [6.45, 7) is 5.64. The van der Waals surface area contributed by atoms with E-state index >= 15 is 0 Å². The third kappa shape index (κ3) is 6.61. The number of anilines is 1. The lowest BCUT2D eigenvalue weighted by molar-refractivity contribution is -0.131. The molecule has 4 aromatic rings. The molecule has 2 heterocycles. The van der Waals surface area contributed by atoms with Crippen LogP contribution in [-0.2, 0) is 16.1 Å². The Morgan fingerprint density at radius 1 is 0.918 bits per heavy atom. The van der Waals surface area contributed by atoms with E-state index in [1.807, 2.05) is 24.3 Å². The van der Waals surface area contributed by atoms with Crippen molar-refractivity contribution in [2.45, 2.75) is 89.6 Å². The van der Waals surface area contributed by atoms with Crippen LogP contribution in [0.1, 0.15) is 99.0 Å². The average molecular weight is 660 g/mol. The molecule has 1 aromatic heterocycles. The standard InChI is InChI=1S/C41H45N3O5/c1-40(2)20-22-41(23-21-40,39(48)42-30-16-12-27(13-17-30)14-19-35(45)46)43-38(47)29-15-18-31-33(26-29)44-24-25-49-34-11-7-6-10-32(34)37(44)36(31)28-8-4-3-5-9-28/h6-7,10-19,26,28H,3-5,8-9,20-25H2,1-2H3,(H,42,48)(H,43,47)(H,45,46). The number of para-hydroxylation sites is 1. The highest BCUT2D eigenvalue weighted by Gasteiger charge is 2.45. The minimum Gasteiger partial charge on any atom is -0.491 e. The van der Waals surface area contributed by atoms with Crippen molar-refractivity contribution in [2.24, 2.45) is 5.41 Å². The van der Waals surface area contributed by atoms with E-state index < -0.39 is 11.5 Å².